The van der Waals surface area contributed by atoms with Gasteiger partial charge in [-0.1, -0.05) is 88.1 Å². The number of phenolic OH excluding ortho intramolecular Hbond substituents is 1. The number of piperidine rings is 1. The molecule has 10 atom stereocenters. The first-order chi connectivity index (χ1) is 48.3. The minimum atomic E-state index is -3.24. The summed E-state index contributed by atoms with van der Waals surface area (Å²) in [5.41, 5.74) is 0.946. The van der Waals surface area contributed by atoms with Crippen LogP contribution in [0, 0.1) is 40.9 Å². The van der Waals surface area contributed by atoms with Gasteiger partial charge in [0, 0.05) is 104 Å². The number of nitrogens with zero attached hydrogens (tertiary/aromatic N) is 6. The number of thiazole rings is 1. The molecule has 5 rings (SSSR count). The third-order valence-corrected chi connectivity index (χ3v) is 21.2. The Hall–Kier alpha value is -8.15. The van der Waals surface area contributed by atoms with Crippen LogP contribution in [-0.2, 0) is 70.3 Å². The Morgan fingerprint density at radius 1 is 0.902 bits per heavy atom. The summed E-state index contributed by atoms with van der Waals surface area (Å²) >= 11 is 1.05. The Balaban J connectivity index is 1.10. The summed E-state index contributed by atoms with van der Waals surface area (Å²) in [6.45, 7) is 12.3. The van der Waals surface area contributed by atoms with Crippen molar-refractivity contribution in [1.82, 2.24) is 45.9 Å². The maximum Gasteiger partial charge on any atom is 0.407 e. The van der Waals surface area contributed by atoms with E-state index in [-0.39, 0.29) is 133 Å². The lowest BCUT2D eigenvalue weighted by Crippen LogP contribution is -2.50. The summed E-state index contributed by atoms with van der Waals surface area (Å²) in [5.74, 6) is -12.6. The Bertz CT molecular complexity index is 3430. The first kappa shape index (κ1) is 84.5. The average Bonchev–Trinajstić information content (AvgIpc) is 1.56. The molecule has 0 saturated carbocycles. The number of aromatic nitrogens is 2. The van der Waals surface area contributed by atoms with E-state index < -0.39 is 139 Å². The van der Waals surface area contributed by atoms with E-state index in [1.54, 1.807) is 25.1 Å². The molecule has 2 aliphatic rings. The fourth-order valence-electron chi connectivity index (χ4n) is 11.8. The molecule has 6 amide bonds. The molecule has 2 aromatic heterocycles. The third-order valence-electron chi connectivity index (χ3n) is 17.8. The van der Waals surface area contributed by atoms with Gasteiger partial charge in [0.05, 0.1) is 43.4 Å². The normalized spacial score (nSPS) is 17.4. The summed E-state index contributed by atoms with van der Waals surface area (Å²) < 4.78 is 44.7. The standard InChI is InChI=1S/C70H96F2N10O17S3/c1-10-14-62(89)98-40-82(67(93)54(42(5)11-2)31-58(86)56-15-12-13-24-80(56)9)57(41(3)4)32-60(99-45(8)83)65-79-55(38-100-65)64(91)78-49(28-46-16-18-52(84)19-17-46)27-43(6)59(87)36-76-69(96)97-25-26-101-102-37-48(68(94)95)30-53(85)20-21-61(88)75-35-50-29-47(22-23-74-50)63(90)77-44(7)66(92)81-39-70(71,72)33-51(81)34-73/h16-19,22-23,29,38,41-44,48-49,51,54,56-57,60,84H,10-15,20-21,24-28,30-33,35-37,39-40H2,1-9H3,(H,75,88)(H,76,96)(H,77,90)(H,78,91)(H,94,95)/t42-,43-,44+,48?,49+,51-,54?,56+,57+,60+/m0/s1. The summed E-state index contributed by atoms with van der Waals surface area (Å²) in [5, 5.41) is 41.3. The number of pyridine rings is 1. The van der Waals surface area contributed by atoms with Crippen molar-refractivity contribution < 1.29 is 90.7 Å². The van der Waals surface area contributed by atoms with Gasteiger partial charge in [0.25, 0.3) is 17.7 Å². The number of halogens is 2. The number of nitriles is 1. The zero-order chi connectivity index (χ0) is 75.4. The second-order valence-electron chi connectivity index (χ2n) is 26.3. The van der Waals surface area contributed by atoms with Crippen molar-refractivity contribution >= 4 is 104 Å². The number of carbonyl (C=O) groups is 12. The van der Waals surface area contributed by atoms with Gasteiger partial charge < -0.3 is 55.5 Å². The van der Waals surface area contributed by atoms with E-state index in [1.165, 1.54) is 65.4 Å². The lowest BCUT2D eigenvalue weighted by Gasteiger charge is -2.39. The number of ketones is 3. The van der Waals surface area contributed by atoms with Gasteiger partial charge in [-0.25, -0.2) is 18.6 Å². The summed E-state index contributed by atoms with van der Waals surface area (Å²) in [6.07, 6.45) is 1.62. The van der Waals surface area contributed by atoms with Gasteiger partial charge >= 0.3 is 24.0 Å². The van der Waals surface area contributed by atoms with Crippen molar-refractivity contribution in [3.8, 4) is 11.8 Å². The van der Waals surface area contributed by atoms with Crippen molar-refractivity contribution in [2.75, 3.05) is 51.5 Å². The molecule has 0 radical (unpaired) electrons. The molecule has 4 heterocycles. The Labute approximate surface area is 605 Å². The van der Waals surface area contributed by atoms with Gasteiger partial charge in [-0.05, 0) is 94.3 Å². The molecule has 3 aromatic rings. The lowest BCUT2D eigenvalue weighted by molar-refractivity contribution is -0.162. The van der Waals surface area contributed by atoms with Crippen molar-refractivity contribution in [3.05, 3.63) is 75.5 Å². The fraction of sp³-hybridized carbons (Fsp3) is 0.614. The van der Waals surface area contributed by atoms with Crippen LogP contribution in [0.4, 0.5) is 13.6 Å². The number of carboxylic acids is 1. The number of Topliss-reactive ketones (excluding diaryl/α,β-unsaturated/α-hetero) is 3. The van der Waals surface area contributed by atoms with Crippen molar-refractivity contribution in [1.29, 1.82) is 5.26 Å². The molecule has 560 valence electrons. The maximum atomic E-state index is 15.0. The van der Waals surface area contributed by atoms with Gasteiger partial charge in [-0.3, -0.25) is 62.6 Å². The predicted octanol–water partition coefficient (Wildman–Crippen LogP) is 8.18. The van der Waals surface area contributed by atoms with E-state index in [1.807, 2.05) is 46.6 Å². The number of ether oxygens (including phenoxy) is 3. The lowest BCUT2D eigenvalue weighted by atomic mass is 9.82. The van der Waals surface area contributed by atoms with Crippen LogP contribution in [0.1, 0.15) is 182 Å². The summed E-state index contributed by atoms with van der Waals surface area (Å²) in [6, 6.07) is 6.30. The Morgan fingerprint density at radius 2 is 1.63 bits per heavy atom. The van der Waals surface area contributed by atoms with E-state index in [9.17, 15) is 77.0 Å². The number of aliphatic carboxylic acids is 1. The number of alkyl halides is 2. The van der Waals surface area contributed by atoms with Crippen LogP contribution < -0.4 is 21.3 Å². The van der Waals surface area contributed by atoms with Crippen molar-refractivity contribution in [2.24, 2.45) is 29.6 Å². The van der Waals surface area contributed by atoms with Gasteiger partial charge in [0.2, 0.25) is 17.7 Å². The largest absolute Gasteiger partial charge is 0.508 e. The monoisotopic (exact) mass is 1480 g/mol. The summed E-state index contributed by atoms with van der Waals surface area (Å²) in [7, 11) is 4.22. The number of carbonyl (C=O) groups excluding carboxylic acids is 11. The number of carboxylic acid groups (broad SMARTS) is 1. The molecule has 6 N–H and O–H groups in total. The van der Waals surface area contributed by atoms with Crippen LogP contribution in [-0.4, -0.2) is 193 Å². The van der Waals surface area contributed by atoms with Gasteiger partial charge in [-0.15, -0.1) is 11.3 Å². The quantitative estimate of drug-likeness (QED) is 0.0102. The van der Waals surface area contributed by atoms with E-state index >= 15 is 4.79 Å². The van der Waals surface area contributed by atoms with Crippen LogP contribution >= 0.6 is 32.9 Å². The highest BCUT2D eigenvalue weighted by molar-refractivity contribution is 8.76. The zero-order valence-electron chi connectivity index (χ0n) is 59.2. The number of likely N-dealkylation sites (N-methyl/N-ethyl adjacent to an activating group) is 1. The average molecular weight is 1480 g/mol. The van der Waals surface area contributed by atoms with Crippen LogP contribution in [0.5, 0.6) is 5.75 Å². The maximum absolute atomic E-state index is 15.0. The number of hydrogen-bond donors (Lipinski definition) is 6. The highest BCUT2D eigenvalue weighted by atomic mass is 33.1. The van der Waals surface area contributed by atoms with Crippen molar-refractivity contribution in [3.63, 3.8) is 0 Å². The van der Waals surface area contributed by atoms with Crippen LogP contribution in [0.2, 0.25) is 0 Å². The van der Waals surface area contributed by atoms with E-state index in [4.69, 9.17) is 14.2 Å². The molecule has 2 saturated heterocycles. The molecule has 27 nitrogen and oxygen atoms in total. The molecular weight excluding hydrogens is 1390 g/mol. The zero-order valence-corrected chi connectivity index (χ0v) is 61.7. The third kappa shape index (κ3) is 27.6. The number of aromatic hydroxyl groups is 1. The van der Waals surface area contributed by atoms with Crippen LogP contribution in [0.25, 0.3) is 0 Å². The second kappa shape index (κ2) is 41.8. The number of rotatable bonds is 42. The number of likely N-dealkylation sites (tertiary alicyclic amines) is 2. The smallest absolute Gasteiger partial charge is 0.407 e. The number of esters is 2. The number of hydrogen-bond acceptors (Lipinski definition) is 23. The highest BCUT2D eigenvalue weighted by Crippen LogP contribution is 2.35. The molecule has 1 aromatic carbocycles. The van der Waals surface area contributed by atoms with Crippen LogP contribution in [0.15, 0.2) is 48.0 Å². The molecule has 32 heteroatoms. The second-order valence-corrected chi connectivity index (χ2v) is 29.8. The number of phenols is 1. The topological polar surface area (TPSA) is 380 Å². The molecule has 2 fully saturated rings. The minimum Gasteiger partial charge on any atom is -0.508 e. The van der Waals surface area contributed by atoms with Gasteiger partial charge in [-0.2, -0.15) is 5.26 Å². The van der Waals surface area contributed by atoms with E-state index in [2.05, 4.69) is 31.2 Å². The molecule has 102 heavy (non-hydrogen) atoms. The number of nitrogens with one attached hydrogen (secondary N) is 4. The minimum absolute atomic E-state index is 0.00331. The van der Waals surface area contributed by atoms with Gasteiger partial charge in [0.15, 0.2) is 24.4 Å². The van der Waals surface area contributed by atoms with Crippen LogP contribution in [0.3, 0.4) is 0 Å². The Kier molecular flexibility index (Phi) is 34.7. The molecule has 0 spiro atoms. The summed E-state index contributed by atoms with van der Waals surface area (Å²) in [4.78, 5) is 172. The number of benzene rings is 1. The fourth-order valence-corrected chi connectivity index (χ4v) is 14.8. The molecule has 2 unspecified atom stereocenters. The van der Waals surface area contributed by atoms with Gasteiger partial charge in [0.1, 0.15) is 40.9 Å². The van der Waals surface area contributed by atoms with Crippen molar-refractivity contribution in [2.45, 2.75) is 194 Å². The highest BCUT2D eigenvalue weighted by Gasteiger charge is 2.48. The number of alkyl carbamates (subject to hydrolysis) is 1. The molecule has 0 bridgehead atoms. The van der Waals surface area contributed by atoms with E-state index in [0.29, 0.717) is 24.8 Å². The predicted molar refractivity (Wildman–Crippen MR) is 375 cm³/mol. The molecule has 0 aliphatic carbocycles. The van der Waals surface area contributed by atoms with E-state index in [0.717, 1.165) is 46.4 Å². The first-order valence-electron chi connectivity index (χ1n) is 34.3. The number of amides is 6. The molecule has 2 aliphatic heterocycles. The SMILES string of the molecule is CCCC(=O)OCN(C(=O)C(CC(=O)[C@H]1CCCCN1C)[C@@H](C)CC)[C@H](C[C@@H](OC(C)=O)c1nc(C(=O)N[C@@H](Cc2ccc(O)cc2)C[C@H](C)C(=O)CNC(=O)OCCSSCC(CC(=O)CCC(=O)NCc2cc(C(=O)N[C@H](C)C(=O)N3CC(F)(F)C[C@H]3C#N)ccn2)C(=O)O)cs1)C(C)C. The Morgan fingerprint density at radius 3 is 2.28 bits per heavy atom. The molecular formula is C70H96F2N10O17S3. The first-order valence-corrected chi connectivity index (χ1v) is 37.6.